The number of rotatable bonds is 5. The molecule has 1 amide bonds. The fourth-order valence-electron chi connectivity index (χ4n) is 3.21. The summed E-state index contributed by atoms with van der Waals surface area (Å²) in [7, 11) is 0. The molecule has 0 bridgehead atoms. The van der Waals surface area contributed by atoms with Crippen LogP contribution in [0.25, 0.3) is 0 Å². The van der Waals surface area contributed by atoms with Gasteiger partial charge in [-0.2, -0.15) is 0 Å². The Hall–Kier alpha value is -2.87. The van der Waals surface area contributed by atoms with Crippen molar-refractivity contribution < 1.29 is 14.3 Å². The second-order valence-electron chi connectivity index (χ2n) is 6.78. The number of nitrogens with one attached hydrogen (secondary N) is 2. The lowest BCUT2D eigenvalue weighted by atomic mass is 10.1. The van der Waals surface area contributed by atoms with E-state index in [1.807, 2.05) is 19.9 Å². The molecule has 0 fully saturated rings. The van der Waals surface area contributed by atoms with Gasteiger partial charge in [-0.15, -0.1) is 0 Å². The minimum absolute atomic E-state index is 0.00829. The maximum atomic E-state index is 13.4. The fraction of sp³-hybridized carbons (Fsp3) is 0.286. The lowest BCUT2D eigenvalue weighted by molar-refractivity contribution is 0.0922. The highest BCUT2D eigenvalue weighted by Crippen LogP contribution is 2.27. The molecule has 1 aliphatic heterocycles. The number of aryl methyl sites for hydroxylation is 1. The van der Waals surface area contributed by atoms with Gasteiger partial charge in [-0.05, 0) is 41.5 Å². The molecule has 2 aromatic rings. The van der Waals surface area contributed by atoms with Crippen LogP contribution in [0, 0.1) is 18.2 Å². The Morgan fingerprint density at radius 3 is 2.86 bits per heavy atom. The van der Waals surface area contributed by atoms with Gasteiger partial charge in [0.1, 0.15) is 10.9 Å². The maximum Gasteiger partial charge on any atom is 0.271 e. The van der Waals surface area contributed by atoms with E-state index in [0.29, 0.717) is 19.5 Å². The summed E-state index contributed by atoms with van der Waals surface area (Å²) in [6, 6.07) is 4.59. The van der Waals surface area contributed by atoms with E-state index in [2.05, 4.69) is 5.32 Å². The number of hydrogen-bond donors (Lipinski definition) is 3. The van der Waals surface area contributed by atoms with Gasteiger partial charge in [-0.25, -0.2) is 4.39 Å². The zero-order valence-electron chi connectivity index (χ0n) is 16.2. The molecule has 3 rings (SSSR count). The van der Waals surface area contributed by atoms with Crippen molar-refractivity contribution in [2.45, 2.75) is 33.2 Å². The minimum Gasteiger partial charge on any atom is -0.503 e. The Morgan fingerprint density at radius 1 is 1.41 bits per heavy atom. The molecule has 0 radical (unpaired) electrons. The zero-order chi connectivity index (χ0) is 21.1. The van der Waals surface area contributed by atoms with Crippen LogP contribution in [-0.4, -0.2) is 27.2 Å². The summed E-state index contributed by atoms with van der Waals surface area (Å²) in [6.07, 6.45) is 4.67. The SMILES string of the molecule is CC/C=C(\Cc1ccc(F)cc1C)SC(=N)c1cn2c(c(O)c1=O)C(=O)NCC2. The van der Waals surface area contributed by atoms with Gasteiger partial charge in [0.25, 0.3) is 5.91 Å². The topological polar surface area (TPSA) is 95.2 Å². The van der Waals surface area contributed by atoms with Gasteiger partial charge < -0.3 is 15.0 Å². The van der Waals surface area contributed by atoms with Crippen LogP contribution < -0.4 is 10.7 Å². The lowest BCUT2D eigenvalue weighted by Gasteiger charge is -2.21. The third-order valence-electron chi connectivity index (χ3n) is 4.69. The van der Waals surface area contributed by atoms with E-state index in [0.717, 1.165) is 34.2 Å². The Bertz CT molecular complexity index is 1080. The molecule has 29 heavy (non-hydrogen) atoms. The molecule has 6 nitrogen and oxygen atoms in total. The number of carbonyl (C=O) groups is 1. The van der Waals surface area contributed by atoms with Crippen molar-refractivity contribution in [1.82, 2.24) is 9.88 Å². The van der Waals surface area contributed by atoms with Crippen LogP contribution in [0.1, 0.15) is 40.5 Å². The minimum atomic E-state index is -0.736. The molecule has 8 heteroatoms. The molecule has 0 spiro atoms. The highest BCUT2D eigenvalue weighted by atomic mass is 32.2. The van der Waals surface area contributed by atoms with E-state index in [1.165, 1.54) is 22.9 Å². The number of hydrogen-bond acceptors (Lipinski definition) is 5. The quantitative estimate of drug-likeness (QED) is 0.516. The summed E-state index contributed by atoms with van der Waals surface area (Å²) in [4.78, 5) is 25.3. The van der Waals surface area contributed by atoms with Crippen LogP contribution in [0.2, 0.25) is 0 Å². The second kappa shape index (κ2) is 8.65. The average Bonchev–Trinajstić information content (AvgIpc) is 2.66. The molecule has 2 heterocycles. The van der Waals surface area contributed by atoms with Crippen molar-refractivity contribution >= 4 is 22.7 Å². The molecule has 0 atom stereocenters. The van der Waals surface area contributed by atoms with Gasteiger partial charge in [-0.3, -0.25) is 15.0 Å². The largest absolute Gasteiger partial charge is 0.503 e. The van der Waals surface area contributed by atoms with E-state index in [1.54, 1.807) is 6.07 Å². The van der Waals surface area contributed by atoms with Crippen LogP contribution >= 0.6 is 11.8 Å². The van der Waals surface area contributed by atoms with Gasteiger partial charge in [0.2, 0.25) is 5.43 Å². The Balaban J connectivity index is 1.89. The highest BCUT2D eigenvalue weighted by Gasteiger charge is 2.25. The molecular weight excluding hydrogens is 393 g/mol. The van der Waals surface area contributed by atoms with Crippen LogP contribution in [0.4, 0.5) is 4.39 Å². The predicted molar refractivity (Wildman–Crippen MR) is 112 cm³/mol. The number of benzene rings is 1. The van der Waals surface area contributed by atoms with Crippen molar-refractivity contribution in [3.05, 3.63) is 73.8 Å². The number of halogens is 1. The van der Waals surface area contributed by atoms with E-state index in [-0.39, 0.29) is 22.1 Å². The highest BCUT2D eigenvalue weighted by molar-refractivity contribution is 8.17. The molecule has 0 saturated heterocycles. The molecule has 0 aliphatic carbocycles. The van der Waals surface area contributed by atoms with Crippen LogP contribution in [0.3, 0.4) is 0 Å². The summed E-state index contributed by atoms with van der Waals surface area (Å²) < 4.78 is 14.9. The molecule has 0 saturated carbocycles. The van der Waals surface area contributed by atoms with E-state index < -0.39 is 17.1 Å². The number of aromatic nitrogens is 1. The summed E-state index contributed by atoms with van der Waals surface area (Å²) in [5, 5.41) is 21.2. The summed E-state index contributed by atoms with van der Waals surface area (Å²) >= 11 is 1.13. The number of allylic oxidation sites excluding steroid dienone is 2. The van der Waals surface area contributed by atoms with Crippen molar-refractivity contribution in [2.75, 3.05) is 6.54 Å². The fourth-order valence-corrected chi connectivity index (χ4v) is 4.20. The average molecular weight is 415 g/mol. The van der Waals surface area contributed by atoms with Gasteiger partial charge in [0, 0.05) is 25.7 Å². The monoisotopic (exact) mass is 415 g/mol. The van der Waals surface area contributed by atoms with Crippen molar-refractivity contribution in [2.24, 2.45) is 0 Å². The first-order chi connectivity index (χ1) is 13.8. The molecule has 0 unspecified atom stereocenters. The van der Waals surface area contributed by atoms with Gasteiger partial charge in [0.15, 0.2) is 11.4 Å². The number of aromatic hydroxyl groups is 1. The Kier molecular flexibility index (Phi) is 6.22. The van der Waals surface area contributed by atoms with Crippen LogP contribution in [-0.2, 0) is 13.0 Å². The summed E-state index contributed by atoms with van der Waals surface area (Å²) in [5.41, 5.74) is 0.988. The first kappa shape index (κ1) is 20.9. The second-order valence-corrected chi connectivity index (χ2v) is 7.91. The van der Waals surface area contributed by atoms with Crippen LogP contribution in [0.5, 0.6) is 5.75 Å². The predicted octanol–water partition coefficient (Wildman–Crippen LogP) is 3.34. The van der Waals surface area contributed by atoms with Gasteiger partial charge >= 0.3 is 0 Å². The molecule has 1 aromatic carbocycles. The smallest absolute Gasteiger partial charge is 0.271 e. The first-order valence-electron chi connectivity index (χ1n) is 9.27. The normalized spacial score (nSPS) is 13.8. The third-order valence-corrected chi connectivity index (χ3v) is 5.69. The molecule has 152 valence electrons. The molecular formula is C21H22FN3O3S. The Morgan fingerprint density at radius 2 is 2.17 bits per heavy atom. The van der Waals surface area contributed by atoms with Crippen molar-refractivity contribution in [3.8, 4) is 5.75 Å². The van der Waals surface area contributed by atoms with E-state index in [4.69, 9.17) is 5.41 Å². The summed E-state index contributed by atoms with van der Waals surface area (Å²) in [5.74, 6) is -1.44. The van der Waals surface area contributed by atoms with Crippen molar-refractivity contribution in [3.63, 3.8) is 0 Å². The van der Waals surface area contributed by atoms with E-state index in [9.17, 15) is 19.1 Å². The number of amides is 1. The van der Waals surface area contributed by atoms with E-state index >= 15 is 0 Å². The van der Waals surface area contributed by atoms with Gasteiger partial charge in [0.05, 0.1) is 5.56 Å². The van der Waals surface area contributed by atoms with Crippen molar-refractivity contribution in [1.29, 1.82) is 5.41 Å². The molecule has 3 N–H and O–H groups in total. The third kappa shape index (κ3) is 4.42. The number of nitrogens with zero attached hydrogens (tertiary/aromatic N) is 1. The first-order valence-corrected chi connectivity index (χ1v) is 10.1. The lowest BCUT2D eigenvalue weighted by Crippen LogP contribution is -2.38. The molecule has 1 aromatic heterocycles. The maximum absolute atomic E-state index is 13.4. The zero-order valence-corrected chi connectivity index (χ0v) is 17.0. The molecule has 1 aliphatic rings. The standard InChI is InChI=1S/C21H22FN3O3S/c1-3-4-15(10-13-5-6-14(22)9-12(13)2)29-20(23)16-11-25-8-7-24-21(28)17(25)19(27)18(16)26/h4-6,9,11,23,27H,3,7-8,10H2,1-2H3,(H,24,28)/b15-4+,23-20?. The van der Waals surface area contributed by atoms with Gasteiger partial charge in [-0.1, -0.05) is 30.8 Å². The van der Waals surface area contributed by atoms with Crippen LogP contribution in [0.15, 0.2) is 40.2 Å². The summed E-state index contributed by atoms with van der Waals surface area (Å²) in [6.45, 7) is 4.60. The Labute approximate surface area is 172 Å². The number of fused-ring (bicyclic) bond motifs is 1. The number of carbonyl (C=O) groups excluding carboxylic acids is 1. The number of thioether (sulfide) groups is 1. The number of pyridine rings is 1.